The van der Waals surface area contributed by atoms with Crippen molar-refractivity contribution in [2.24, 2.45) is 5.73 Å². The van der Waals surface area contributed by atoms with E-state index in [1.807, 2.05) is 24.5 Å². The van der Waals surface area contributed by atoms with Gasteiger partial charge in [0.15, 0.2) is 0 Å². The quantitative estimate of drug-likeness (QED) is 0.725. The van der Waals surface area contributed by atoms with Gasteiger partial charge in [-0.15, -0.1) is 0 Å². The van der Waals surface area contributed by atoms with Gasteiger partial charge in [0.1, 0.15) is 0 Å². The third-order valence-electron chi connectivity index (χ3n) is 3.23. The third-order valence-corrected chi connectivity index (χ3v) is 3.23. The summed E-state index contributed by atoms with van der Waals surface area (Å²) in [5.41, 5.74) is 6.08. The fourth-order valence-corrected chi connectivity index (χ4v) is 1.81. The Morgan fingerprint density at radius 1 is 1.33 bits per heavy atom. The van der Waals surface area contributed by atoms with Crippen molar-refractivity contribution in [3.8, 4) is 0 Å². The fourth-order valence-electron chi connectivity index (χ4n) is 1.81. The molecule has 0 aromatic carbocycles. The molecule has 4 nitrogen and oxygen atoms in total. The number of hydrogen-bond donors (Lipinski definition) is 2. The molecule has 1 aromatic heterocycles. The van der Waals surface area contributed by atoms with E-state index in [1.54, 1.807) is 6.92 Å². The first-order chi connectivity index (χ1) is 8.53. The monoisotopic (exact) mass is 251 g/mol. The Labute approximate surface area is 110 Å². The standard InChI is InChI=1S/C14H25N3O/c1-14(18,12-15)7-3-10-17(2)11-6-13-4-8-16-9-5-13/h4-5,8-9,18H,3,6-7,10-12,15H2,1-2H3. The predicted molar refractivity (Wildman–Crippen MR) is 74.4 cm³/mol. The lowest BCUT2D eigenvalue weighted by atomic mass is 10.0. The molecule has 0 aliphatic heterocycles. The highest BCUT2D eigenvalue weighted by Crippen LogP contribution is 2.10. The molecule has 0 spiro atoms. The van der Waals surface area contributed by atoms with E-state index in [0.717, 1.165) is 32.4 Å². The van der Waals surface area contributed by atoms with Crippen LogP contribution in [0.5, 0.6) is 0 Å². The summed E-state index contributed by atoms with van der Waals surface area (Å²) in [4.78, 5) is 6.29. The molecule has 1 heterocycles. The molecule has 3 N–H and O–H groups in total. The van der Waals surface area contributed by atoms with Gasteiger partial charge in [-0.25, -0.2) is 0 Å². The van der Waals surface area contributed by atoms with Crippen molar-refractivity contribution in [1.29, 1.82) is 0 Å². The summed E-state index contributed by atoms with van der Waals surface area (Å²) in [5, 5.41) is 9.79. The second kappa shape index (κ2) is 7.46. The Bertz CT molecular complexity index is 327. The molecule has 1 rings (SSSR count). The second-order valence-electron chi connectivity index (χ2n) is 5.21. The maximum atomic E-state index is 9.79. The minimum Gasteiger partial charge on any atom is -0.389 e. The molecule has 102 valence electrons. The van der Waals surface area contributed by atoms with Crippen LogP contribution in [0.3, 0.4) is 0 Å². The van der Waals surface area contributed by atoms with Gasteiger partial charge in [0.25, 0.3) is 0 Å². The summed E-state index contributed by atoms with van der Waals surface area (Å²) in [5.74, 6) is 0. The van der Waals surface area contributed by atoms with Gasteiger partial charge in [-0.2, -0.15) is 0 Å². The normalized spacial score (nSPS) is 14.7. The van der Waals surface area contributed by atoms with Crippen molar-refractivity contribution in [3.05, 3.63) is 30.1 Å². The molecule has 4 heteroatoms. The number of pyridine rings is 1. The van der Waals surface area contributed by atoms with Crippen LogP contribution in [0.1, 0.15) is 25.3 Å². The van der Waals surface area contributed by atoms with Crippen molar-refractivity contribution >= 4 is 0 Å². The lowest BCUT2D eigenvalue weighted by Crippen LogP contribution is -2.35. The molecule has 0 amide bonds. The number of hydrogen-bond acceptors (Lipinski definition) is 4. The molecule has 0 saturated heterocycles. The molecule has 0 radical (unpaired) electrons. The molecule has 0 fully saturated rings. The van der Waals surface area contributed by atoms with Crippen LogP contribution in [-0.2, 0) is 6.42 Å². The van der Waals surface area contributed by atoms with Crippen LogP contribution in [-0.4, -0.2) is 47.3 Å². The van der Waals surface area contributed by atoms with Crippen LogP contribution in [0.15, 0.2) is 24.5 Å². The van der Waals surface area contributed by atoms with Gasteiger partial charge in [-0.05, 0) is 57.5 Å². The fraction of sp³-hybridized carbons (Fsp3) is 0.643. The zero-order valence-electron chi connectivity index (χ0n) is 11.5. The minimum atomic E-state index is -0.716. The van der Waals surface area contributed by atoms with Gasteiger partial charge in [-0.1, -0.05) is 0 Å². The number of rotatable bonds is 8. The Morgan fingerprint density at radius 3 is 2.61 bits per heavy atom. The molecule has 18 heavy (non-hydrogen) atoms. The van der Waals surface area contributed by atoms with Gasteiger partial charge >= 0.3 is 0 Å². The lowest BCUT2D eigenvalue weighted by Gasteiger charge is -2.23. The number of aromatic nitrogens is 1. The number of nitrogens with zero attached hydrogens (tertiary/aromatic N) is 2. The molecule has 0 aliphatic rings. The summed E-state index contributed by atoms with van der Waals surface area (Å²) >= 11 is 0. The first-order valence-corrected chi connectivity index (χ1v) is 6.53. The summed E-state index contributed by atoms with van der Waals surface area (Å²) in [7, 11) is 2.11. The Morgan fingerprint density at radius 2 is 2.00 bits per heavy atom. The summed E-state index contributed by atoms with van der Waals surface area (Å²) in [6.45, 7) is 4.13. The summed E-state index contributed by atoms with van der Waals surface area (Å²) in [6, 6.07) is 4.10. The van der Waals surface area contributed by atoms with Crippen LogP contribution in [0.25, 0.3) is 0 Å². The van der Waals surface area contributed by atoms with Crippen molar-refractivity contribution in [2.45, 2.75) is 31.8 Å². The van der Waals surface area contributed by atoms with Gasteiger partial charge < -0.3 is 15.7 Å². The van der Waals surface area contributed by atoms with Crippen LogP contribution >= 0.6 is 0 Å². The highest BCUT2D eigenvalue weighted by molar-refractivity contribution is 5.09. The number of aliphatic hydroxyl groups is 1. The van der Waals surface area contributed by atoms with Gasteiger partial charge in [0.2, 0.25) is 0 Å². The molecular weight excluding hydrogens is 226 g/mol. The van der Waals surface area contributed by atoms with E-state index in [2.05, 4.69) is 16.9 Å². The van der Waals surface area contributed by atoms with Crippen LogP contribution < -0.4 is 5.73 Å². The largest absolute Gasteiger partial charge is 0.389 e. The van der Waals surface area contributed by atoms with E-state index in [1.165, 1.54) is 5.56 Å². The van der Waals surface area contributed by atoms with Crippen LogP contribution in [0.4, 0.5) is 0 Å². The van der Waals surface area contributed by atoms with Crippen molar-refractivity contribution in [2.75, 3.05) is 26.7 Å². The Balaban J connectivity index is 2.16. The number of nitrogens with two attached hydrogens (primary N) is 1. The van der Waals surface area contributed by atoms with Gasteiger partial charge in [0, 0.05) is 25.5 Å². The highest BCUT2D eigenvalue weighted by Gasteiger charge is 2.17. The van der Waals surface area contributed by atoms with Gasteiger partial charge in [-0.3, -0.25) is 4.98 Å². The molecule has 0 aliphatic carbocycles. The Hall–Kier alpha value is -0.970. The molecule has 0 saturated carbocycles. The topological polar surface area (TPSA) is 62.4 Å². The first kappa shape index (κ1) is 15.1. The van der Waals surface area contributed by atoms with E-state index in [4.69, 9.17) is 5.73 Å². The third kappa shape index (κ3) is 6.10. The van der Waals surface area contributed by atoms with Crippen molar-refractivity contribution in [1.82, 2.24) is 9.88 Å². The smallest absolute Gasteiger partial charge is 0.0741 e. The summed E-state index contributed by atoms with van der Waals surface area (Å²) < 4.78 is 0. The van der Waals surface area contributed by atoms with E-state index in [0.29, 0.717) is 6.54 Å². The van der Waals surface area contributed by atoms with Crippen LogP contribution in [0, 0.1) is 0 Å². The lowest BCUT2D eigenvalue weighted by molar-refractivity contribution is 0.0553. The first-order valence-electron chi connectivity index (χ1n) is 6.53. The summed E-state index contributed by atoms with van der Waals surface area (Å²) in [6.07, 6.45) is 6.41. The molecular formula is C14H25N3O. The zero-order chi connectivity index (χ0) is 13.4. The molecule has 1 unspecified atom stereocenters. The minimum absolute atomic E-state index is 0.327. The average Bonchev–Trinajstić information content (AvgIpc) is 2.37. The van der Waals surface area contributed by atoms with E-state index >= 15 is 0 Å². The SMILES string of the molecule is CN(CCCC(C)(O)CN)CCc1ccncc1. The van der Waals surface area contributed by atoms with E-state index < -0.39 is 5.60 Å². The maximum Gasteiger partial charge on any atom is 0.0741 e. The van der Waals surface area contributed by atoms with Crippen molar-refractivity contribution < 1.29 is 5.11 Å². The average molecular weight is 251 g/mol. The Kier molecular flexibility index (Phi) is 6.25. The predicted octanol–water partition coefficient (Wildman–Crippen LogP) is 1.05. The van der Waals surface area contributed by atoms with E-state index in [-0.39, 0.29) is 0 Å². The number of likely N-dealkylation sites (N-methyl/N-ethyl adjacent to an activating group) is 1. The molecule has 0 bridgehead atoms. The zero-order valence-corrected chi connectivity index (χ0v) is 11.5. The second-order valence-corrected chi connectivity index (χ2v) is 5.21. The highest BCUT2D eigenvalue weighted by atomic mass is 16.3. The van der Waals surface area contributed by atoms with E-state index in [9.17, 15) is 5.11 Å². The maximum absolute atomic E-state index is 9.79. The van der Waals surface area contributed by atoms with Crippen LogP contribution in [0.2, 0.25) is 0 Å². The van der Waals surface area contributed by atoms with Crippen molar-refractivity contribution in [3.63, 3.8) is 0 Å². The van der Waals surface area contributed by atoms with Gasteiger partial charge in [0.05, 0.1) is 5.60 Å². The molecule has 1 atom stereocenters. The molecule has 1 aromatic rings.